The zero-order valence-corrected chi connectivity index (χ0v) is 17.4. The minimum Gasteiger partial charge on any atom is -0.507 e. The number of hydrogen-bond acceptors (Lipinski definition) is 5. The van der Waals surface area contributed by atoms with Crippen LogP contribution < -0.4 is 5.43 Å². The fourth-order valence-corrected chi connectivity index (χ4v) is 3.48. The van der Waals surface area contributed by atoms with Gasteiger partial charge >= 0.3 is 0 Å². The van der Waals surface area contributed by atoms with Gasteiger partial charge in [-0.25, -0.2) is 0 Å². The van der Waals surface area contributed by atoms with Gasteiger partial charge in [-0.05, 0) is 65.2 Å². The van der Waals surface area contributed by atoms with Crippen molar-refractivity contribution in [3.8, 4) is 17.2 Å². The monoisotopic (exact) mass is 394 g/mol. The third kappa shape index (κ3) is 3.60. The highest BCUT2D eigenvalue weighted by molar-refractivity contribution is 6.00. The van der Waals surface area contributed by atoms with Crippen LogP contribution in [0.4, 0.5) is 0 Å². The Morgan fingerprint density at radius 1 is 0.862 bits per heavy atom. The minimum atomic E-state index is -0.566. The zero-order chi connectivity index (χ0) is 21.5. The van der Waals surface area contributed by atoms with Crippen LogP contribution in [0, 0.1) is 6.92 Å². The van der Waals surface area contributed by atoms with Gasteiger partial charge in [0, 0.05) is 11.1 Å². The van der Waals surface area contributed by atoms with Crippen molar-refractivity contribution in [1.29, 1.82) is 0 Å². The van der Waals surface area contributed by atoms with Gasteiger partial charge in [-0.2, -0.15) is 0 Å². The highest BCUT2D eigenvalue weighted by atomic mass is 16.4. The van der Waals surface area contributed by atoms with E-state index in [0.29, 0.717) is 18.4 Å². The molecule has 1 aromatic heterocycles. The maximum Gasteiger partial charge on any atom is 0.208 e. The lowest BCUT2D eigenvalue weighted by molar-refractivity contribution is 0.456. The molecule has 0 atom stereocenters. The van der Waals surface area contributed by atoms with E-state index in [2.05, 4.69) is 0 Å². The third-order valence-electron chi connectivity index (χ3n) is 5.13. The number of phenolic OH excluding ortho intramolecular Hbond substituents is 3. The van der Waals surface area contributed by atoms with Gasteiger partial charge in [-0.1, -0.05) is 23.3 Å². The first kappa shape index (κ1) is 20.5. The lowest BCUT2D eigenvalue weighted by Gasteiger charge is -2.16. The summed E-state index contributed by atoms with van der Waals surface area (Å²) in [5.41, 5.74) is 4.06. The van der Waals surface area contributed by atoms with E-state index in [-0.39, 0.29) is 39.2 Å². The Balaban J connectivity index is 2.54. The molecular weight excluding hydrogens is 368 g/mol. The smallest absolute Gasteiger partial charge is 0.208 e. The third-order valence-corrected chi connectivity index (χ3v) is 5.13. The second kappa shape index (κ2) is 7.66. The van der Waals surface area contributed by atoms with Crippen LogP contribution in [-0.4, -0.2) is 15.3 Å². The molecule has 152 valence electrons. The van der Waals surface area contributed by atoms with Crippen LogP contribution in [0.3, 0.4) is 0 Å². The first-order chi connectivity index (χ1) is 13.6. The van der Waals surface area contributed by atoms with Crippen molar-refractivity contribution in [2.24, 2.45) is 0 Å². The van der Waals surface area contributed by atoms with Crippen LogP contribution in [0.15, 0.2) is 44.6 Å². The molecule has 0 aliphatic heterocycles. The minimum absolute atomic E-state index is 0.0262. The molecule has 2 aromatic carbocycles. The molecular formula is C24H26O5. The normalized spacial score (nSPS) is 11.1. The molecule has 0 unspecified atom stereocenters. The van der Waals surface area contributed by atoms with Crippen LogP contribution >= 0.6 is 0 Å². The molecule has 0 saturated heterocycles. The van der Waals surface area contributed by atoms with Gasteiger partial charge in [-0.3, -0.25) is 4.79 Å². The van der Waals surface area contributed by atoms with Gasteiger partial charge in [0.15, 0.2) is 11.3 Å². The van der Waals surface area contributed by atoms with E-state index < -0.39 is 5.43 Å². The molecule has 5 heteroatoms. The van der Waals surface area contributed by atoms with E-state index in [1.807, 2.05) is 46.8 Å². The molecule has 0 saturated carbocycles. The highest BCUT2D eigenvalue weighted by Crippen LogP contribution is 2.39. The molecule has 5 nitrogen and oxygen atoms in total. The second-order valence-electron chi connectivity index (χ2n) is 7.85. The number of aromatic hydroxyl groups is 3. The SMILES string of the molecule is CC(C)=CCc1c(C)c(CC=C(C)C)c2oc3c(O)ccc(O)c3c(=O)c2c1O. The van der Waals surface area contributed by atoms with Crippen LogP contribution in [0.1, 0.15) is 44.4 Å². The summed E-state index contributed by atoms with van der Waals surface area (Å²) in [7, 11) is 0. The maximum absolute atomic E-state index is 13.3. The summed E-state index contributed by atoms with van der Waals surface area (Å²) in [6.07, 6.45) is 5.00. The lowest BCUT2D eigenvalue weighted by atomic mass is 9.92. The summed E-state index contributed by atoms with van der Waals surface area (Å²) in [5.74, 6) is -0.685. The molecule has 3 aromatic rings. The Morgan fingerprint density at radius 2 is 1.41 bits per heavy atom. The summed E-state index contributed by atoms with van der Waals surface area (Å²) < 4.78 is 5.93. The zero-order valence-electron chi connectivity index (χ0n) is 17.4. The second-order valence-corrected chi connectivity index (χ2v) is 7.85. The molecule has 0 spiro atoms. The molecule has 29 heavy (non-hydrogen) atoms. The summed E-state index contributed by atoms with van der Waals surface area (Å²) in [5, 5.41) is 31.3. The Bertz CT molecular complexity index is 1230. The standard InChI is InChI=1S/C24H26O5/c1-12(2)6-8-15-14(5)16(9-7-13(3)4)23-20(21(15)27)22(28)19-17(25)10-11-18(26)24(19)29-23/h6-7,10-11,25-27H,8-9H2,1-5H3. The van der Waals surface area contributed by atoms with Crippen molar-refractivity contribution >= 4 is 21.9 Å². The van der Waals surface area contributed by atoms with Crippen molar-refractivity contribution in [2.75, 3.05) is 0 Å². The van der Waals surface area contributed by atoms with E-state index in [9.17, 15) is 20.1 Å². The molecule has 1 heterocycles. The number of fused-ring (bicyclic) bond motifs is 2. The first-order valence-corrected chi connectivity index (χ1v) is 9.54. The van der Waals surface area contributed by atoms with Crippen LogP contribution in [0.2, 0.25) is 0 Å². The van der Waals surface area contributed by atoms with Crippen LogP contribution in [0.5, 0.6) is 17.2 Å². The van der Waals surface area contributed by atoms with Gasteiger partial charge in [-0.15, -0.1) is 0 Å². The summed E-state index contributed by atoms with van der Waals surface area (Å²) in [6.45, 7) is 9.81. The van der Waals surface area contributed by atoms with Gasteiger partial charge in [0.05, 0.1) is 0 Å². The average molecular weight is 394 g/mol. The molecule has 0 fully saturated rings. The highest BCUT2D eigenvalue weighted by Gasteiger charge is 2.23. The molecule has 0 aliphatic rings. The van der Waals surface area contributed by atoms with Crippen molar-refractivity contribution in [2.45, 2.75) is 47.5 Å². The fraction of sp³-hybridized carbons (Fsp3) is 0.292. The van der Waals surface area contributed by atoms with Gasteiger partial charge in [0.25, 0.3) is 0 Å². The summed E-state index contributed by atoms with van der Waals surface area (Å²) in [4.78, 5) is 13.3. The number of allylic oxidation sites excluding steroid dienone is 4. The average Bonchev–Trinajstić information content (AvgIpc) is 2.63. The van der Waals surface area contributed by atoms with Crippen LogP contribution in [0.25, 0.3) is 21.9 Å². The Labute approximate surface area is 169 Å². The molecule has 0 radical (unpaired) electrons. The van der Waals surface area contributed by atoms with Crippen molar-refractivity contribution in [3.63, 3.8) is 0 Å². The topological polar surface area (TPSA) is 90.9 Å². The fourth-order valence-electron chi connectivity index (χ4n) is 3.48. The first-order valence-electron chi connectivity index (χ1n) is 9.54. The van der Waals surface area contributed by atoms with E-state index in [0.717, 1.165) is 22.3 Å². The van der Waals surface area contributed by atoms with Gasteiger partial charge in [0.1, 0.15) is 27.9 Å². The largest absolute Gasteiger partial charge is 0.507 e. The molecule has 0 amide bonds. The van der Waals surface area contributed by atoms with Crippen LogP contribution in [-0.2, 0) is 12.8 Å². The Kier molecular flexibility index (Phi) is 5.42. The number of rotatable bonds is 4. The predicted molar refractivity (Wildman–Crippen MR) is 116 cm³/mol. The quantitative estimate of drug-likeness (QED) is 0.314. The summed E-state index contributed by atoms with van der Waals surface area (Å²) >= 11 is 0. The summed E-state index contributed by atoms with van der Waals surface area (Å²) in [6, 6.07) is 2.51. The van der Waals surface area contributed by atoms with Crippen molar-refractivity contribution < 1.29 is 19.7 Å². The number of benzene rings is 2. The molecule has 3 N–H and O–H groups in total. The maximum atomic E-state index is 13.3. The van der Waals surface area contributed by atoms with E-state index >= 15 is 0 Å². The van der Waals surface area contributed by atoms with E-state index in [4.69, 9.17) is 4.42 Å². The van der Waals surface area contributed by atoms with Gasteiger partial charge < -0.3 is 19.7 Å². The predicted octanol–water partition coefficient (Wildman–Crippen LogP) is 5.39. The van der Waals surface area contributed by atoms with Crippen molar-refractivity contribution in [3.05, 3.63) is 62.3 Å². The number of hydrogen-bond donors (Lipinski definition) is 3. The Morgan fingerprint density at radius 3 is 2.00 bits per heavy atom. The molecule has 3 rings (SSSR count). The Hall–Kier alpha value is -3.21. The number of phenols is 3. The molecule has 0 bridgehead atoms. The van der Waals surface area contributed by atoms with Gasteiger partial charge in [0.2, 0.25) is 5.43 Å². The van der Waals surface area contributed by atoms with Crippen molar-refractivity contribution in [1.82, 2.24) is 0 Å². The van der Waals surface area contributed by atoms with E-state index in [1.54, 1.807) is 0 Å². The molecule has 0 aliphatic carbocycles. The van der Waals surface area contributed by atoms with E-state index in [1.165, 1.54) is 12.1 Å². The lowest BCUT2D eigenvalue weighted by Crippen LogP contribution is -2.08.